The number of carbonyl (C=O) groups is 3. The molecule has 0 radical (unpaired) electrons. The average Bonchev–Trinajstić information content (AvgIpc) is 3.27. The monoisotopic (exact) mass is 861 g/mol. The van der Waals surface area contributed by atoms with Gasteiger partial charge in [0.2, 0.25) is 0 Å². The molecule has 0 N–H and O–H groups in total. The molecule has 1 atom stereocenters. The Morgan fingerprint density at radius 3 is 1.13 bits per heavy atom. The SMILES string of the molecule is CC/C=C\C/C=C\C/C=C\C/C=C\C/C=C\C/C=C\C/C=C\CCCC(=O)OCC(COC(=O)CCCCCCC/C=C\CCC)OC(=O)CCCCCCCCCCCCC. The molecule has 0 heterocycles. The first-order chi connectivity index (χ1) is 30.5. The van der Waals surface area contributed by atoms with Crippen LogP contribution in [0.25, 0.3) is 0 Å². The normalized spacial score (nSPS) is 12.9. The molecule has 0 saturated carbocycles. The van der Waals surface area contributed by atoms with E-state index < -0.39 is 6.10 Å². The van der Waals surface area contributed by atoms with Gasteiger partial charge < -0.3 is 14.2 Å². The molecule has 0 aromatic heterocycles. The van der Waals surface area contributed by atoms with E-state index in [0.717, 1.165) is 109 Å². The zero-order valence-electron chi connectivity index (χ0n) is 40.1. The van der Waals surface area contributed by atoms with Crippen LogP contribution in [0.2, 0.25) is 0 Å². The van der Waals surface area contributed by atoms with Gasteiger partial charge in [0.15, 0.2) is 6.10 Å². The Morgan fingerprint density at radius 2 is 0.677 bits per heavy atom. The summed E-state index contributed by atoms with van der Waals surface area (Å²) in [6.45, 7) is 6.38. The highest BCUT2D eigenvalue weighted by atomic mass is 16.6. The molecule has 0 bridgehead atoms. The number of hydrogen-bond acceptors (Lipinski definition) is 6. The van der Waals surface area contributed by atoms with E-state index in [1.807, 2.05) is 0 Å². The van der Waals surface area contributed by atoms with Crippen molar-refractivity contribution in [1.82, 2.24) is 0 Å². The molecule has 0 aliphatic rings. The molecule has 0 fully saturated rings. The highest BCUT2D eigenvalue weighted by Gasteiger charge is 2.19. The first kappa shape index (κ1) is 58.3. The summed E-state index contributed by atoms with van der Waals surface area (Å²) >= 11 is 0. The third kappa shape index (κ3) is 47.4. The smallest absolute Gasteiger partial charge is 0.306 e. The van der Waals surface area contributed by atoms with Crippen LogP contribution >= 0.6 is 0 Å². The van der Waals surface area contributed by atoms with Crippen LogP contribution in [0.5, 0.6) is 0 Å². The van der Waals surface area contributed by atoms with Gasteiger partial charge in [0.05, 0.1) is 0 Å². The van der Waals surface area contributed by atoms with Crippen LogP contribution in [-0.4, -0.2) is 37.2 Å². The summed E-state index contributed by atoms with van der Waals surface area (Å²) < 4.78 is 16.7. The van der Waals surface area contributed by atoms with Gasteiger partial charge in [-0.3, -0.25) is 14.4 Å². The van der Waals surface area contributed by atoms with Crippen LogP contribution in [0.4, 0.5) is 0 Å². The zero-order valence-corrected chi connectivity index (χ0v) is 40.1. The van der Waals surface area contributed by atoms with Crippen LogP contribution in [0.1, 0.15) is 220 Å². The maximum Gasteiger partial charge on any atom is 0.306 e. The predicted octanol–water partition coefficient (Wildman–Crippen LogP) is 16.6. The fourth-order valence-electron chi connectivity index (χ4n) is 6.55. The lowest BCUT2D eigenvalue weighted by Gasteiger charge is -2.18. The Morgan fingerprint density at radius 1 is 0.339 bits per heavy atom. The Kier molecular flexibility index (Phi) is 47.0. The van der Waals surface area contributed by atoms with E-state index >= 15 is 0 Å². The molecule has 6 nitrogen and oxygen atoms in total. The van der Waals surface area contributed by atoms with E-state index in [4.69, 9.17) is 14.2 Å². The van der Waals surface area contributed by atoms with Crippen molar-refractivity contribution < 1.29 is 28.6 Å². The standard InChI is InChI=1S/C56H92O6/c1-4-7-10-13-16-19-22-23-24-25-26-27-28-29-30-31-32-33-35-37-40-43-46-49-55(58)61-52-53(51-60-54(57)48-45-42-39-36-21-18-15-12-9-6-3)62-56(59)50-47-44-41-38-34-20-17-14-11-8-5-2/h7,10,12,15-16,19,23-24,26-27,29-30,32-33,37,40,53H,4-6,8-9,11,13-14,17-18,20-22,25,28,31,34-36,38-39,41-52H2,1-3H3/b10-7-,15-12-,19-16-,24-23-,27-26-,30-29-,33-32-,40-37-. The molecule has 0 saturated heterocycles. The largest absolute Gasteiger partial charge is 0.462 e. The Balaban J connectivity index is 4.41. The highest BCUT2D eigenvalue weighted by Crippen LogP contribution is 2.14. The fourth-order valence-corrected chi connectivity index (χ4v) is 6.55. The highest BCUT2D eigenvalue weighted by molar-refractivity contribution is 5.71. The van der Waals surface area contributed by atoms with Crippen molar-refractivity contribution in [2.24, 2.45) is 0 Å². The van der Waals surface area contributed by atoms with E-state index in [1.54, 1.807) is 0 Å². The molecule has 0 aromatic carbocycles. The van der Waals surface area contributed by atoms with Crippen LogP contribution < -0.4 is 0 Å². The van der Waals surface area contributed by atoms with Gasteiger partial charge in [0.1, 0.15) is 13.2 Å². The second kappa shape index (κ2) is 50.0. The van der Waals surface area contributed by atoms with E-state index in [2.05, 4.69) is 118 Å². The summed E-state index contributed by atoms with van der Waals surface area (Å²) in [7, 11) is 0. The predicted molar refractivity (Wildman–Crippen MR) is 265 cm³/mol. The molecule has 0 aliphatic heterocycles. The van der Waals surface area contributed by atoms with Crippen LogP contribution in [0.3, 0.4) is 0 Å². The van der Waals surface area contributed by atoms with E-state index in [1.165, 1.54) is 64.2 Å². The summed E-state index contributed by atoms with van der Waals surface area (Å²) in [4.78, 5) is 37.8. The van der Waals surface area contributed by atoms with E-state index in [0.29, 0.717) is 19.3 Å². The molecule has 0 spiro atoms. The molecule has 0 aliphatic carbocycles. The number of carbonyl (C=O) groups excluding carboxylic acids is 3. The summed E-state index contributed by atoms with van der Waals surface area (Å²) in [5.41, 5.74) is 0. The molecule has 0 amide bonds. The number of unbranched alkanes of at least 4 members (excludes halogenated alkanes) is 17. The Hall–Kier alpha value is -3.67. The summed E-state index contributed by atoms with van der Waals surface area (Å²) in [6.07, 6.45) is 65.5. The molecule has 1 unspecified atom stereocenters. The van der Waals surface area contributed by atoms with Crippen molar-refractivity contribution in [3.8, 4) is 0 Å². The van der Waals surface area contributed by atoms with Crippen molar-refractivity contribution in [3.63, 3.8) is 0 Å². The lowest BCUT2D eigenvalue weighted by Crippen LogP contribution is -2.30. The van der Waals surface area contributed by atoms with Crippen molar-refractivity contribution in [2.45, 2.75) is 226 Å². The second-order valence-electron chi connectivity index (χ2n) is 16.3. The van der Waals surface area contributed by atoms with E-state index in [9.17, 15) is 14.4 Å². The number of rotatable bonds is 44. The second-order valence-corrected chi connectivity index (χ2v) is 16.3. The van der Waals surface area contributed by atoms with Gasteiger partial charge in [-0.25, -0.2) is 0 Å². The molecule has 0 rings (SSSR count). The molecular weight excluding hydrogens is 769 g/mol. The minimum absolute atomic E-state index is 0.0997. The molecule has 6 heteroatoms. The minimum Gasteiger partial charge on any atom is -0.462 e. The maximum absolute atomic E-state index is 12.7. The maximum atomic E-state index is 12.7. The molecule has 352 valence electrons. The van der Waals surface area contributed by atoms with Gasteiger partial charge in [-0.05, 0) is 89.9 Å². The number of esters is 3. The van der Waals surface area contributed by atoms with Crippen LogP contribution in [0.15, 0.2) is 97.2 Å². The lowest BCUT2D eigenvalue weighted by molar-refractivity contribution is -0.167. The number of allylic oxidation sites excluding steroid dienone is 16. The topological polar surface area (TPSA) is 78.9 Å². The lowest BCUT2D eigenvalue weighted by atomic mass is 10.1. The van der Waals surface area contributed by atoms with Crippen LogP contribution in [-0.2, 0) is 28.6 Å². The van der Waals surface area contributed by atoms with Gasteiger partial charge >= 0.3 is 17.9 Å². The summed E-state index contributed by atoms with van der Waals surface area (Å²) in [5.74, 6) is -0.977. The van der Waals surface area contributed by atoms with Crippen molar-refractivity contribution in [1.29, 1.82) is 0 Å². The Labute approximate surface area is 381 Å². The third-order valence-electron chi connectivity index (χ3n) is 10.3. The number of hydrogen-bond donors (Lipinski definition) is 0. The molecular formula is C56H92O6. The number of ether oxygens (including phenoxy) is 3. The first-order valence-corrected chi connectivity index (χ1v) is 25.2. The van der Waals surface area contributed by atoms with Gasteiger partial charge in [0, 0.05) is 19.3 Å². The third-order valence-corrected chi connectivity index (χ3v) is 10.3. The fraction of sp³-hybridized carbons (Fsp3) is 0.661. The van der Waals surface area contributed by atoms with Gasteiger partial charge in [0.25, 0.3) is 0 Å². The summed E-state index contributed by atoms with van der Waals surface area (Å²) in [6, 6.07) is 0. The van der Waals surface area contributed by atoms with Crippen LogP contribution in [0, 0.1) is 0 Å². The van der Waals surface area contributed by atoms with Crippen molar-refractivity contribution in [2.75, 3.05) is 13.2 Å². The van der Waals surface area contributed by atoms with Crippen molar-refractivity contribution >= 4 is 17.9 Å². The summed E-state index contributed by atoms with van der Waals surface area (Å²) in [5, 5.41) is 0. The quantitative estimate of drug-likeness (QED) is 0.0263. The van der Waals surface area contributed by atoms with Gasteiger partial charge in [-0.15, -0.1) is 0 Å². The van der Waals surface area contributed by atoms with Gasteiger partial charge in [-0.2, -0.15) is 0 Å². The van der Waals surface area contributed by atoms with Gasteiger partial charge in [-0.1, -0.05) is 208 Å². The minimum atomic E-state index is -0.801. The molecule has 62 heavy (non-hydrogen) atoms. The average molecular weight is 861 g/mol. The zero-order chi connectivity index (χ0) is 45.1. The first-order valence-electron chi connectivity index (χ1n) is 25.2. The molecule has 0 aromatic rings. The van der Waals surface area contributed by atoms with Crippen molar-refractivity contribution in [3.05, 3.63) is 97.2 Å². The van der Waals surface area contributed by atoms with E-state index in [-0.39, 0.29) is 37.5 Å². The Bertz CT molecular complexity index is 1260.